The fraction of sp³-hybridized carbons (Fsp3) is 0.774. The van der Waals surface area contributed by atoms with Gasteiger partial charge in [0.1, 0.15) is 6.10 Å². The van der Waals surface area contributed by atoms with Gasteiger partial charge in [0.2, 0.25) is 5.91 Å². The molecule has 0 saturated carbocycles. The lowest BCUT2D eigenvalue weighted by molar-refractivity contribution is -0.151. The maximum Gasteiger partial charge on any atom is 0.306 e. The molecule has 0 rings (SSSR count). The van der Waals surface area contributed by atoms with Gasteiger partial charge in [-0.05, 0) is 70.6 Å². The summed E-state index contributed by atoms with van der Waals surface area (Å²) < 4.78 is 5.94. The van der Waals surface area contributed by atoms with Crippen molar-refractivity contribution in [2.45, 2.75) is 302 Å². The number of ether oxygens (including phenoxy) is 1. The van der Waals surface area contributed by atoms with E-state index in [-0.39, 0.29) is 24.9 Å². The summed E-state index contributed by atoms with van der Waals surface area (Å²) in [6.45, 7) is 6.41. The molecule has 0 bridgehead atoms. The highest BCUT2D eigenvalue weighted by Gasteiger charge is 2.24. The van der Waals surface area contributed by atoms with E-state index < -0.39 is 18.2 Å². The minimum atomic E-state index is -0.800. The number of rotatable bonds is 52. The molecule has 3 atom stereocenters. The van der Waals surface area contributed by atoms with Gasteiger partial charge in [-0.1, -0.05) is 273 Å². The predicted octanol–water partition coefficient (Wildman–Crippen LogP) is 18.1. The maximum atomic E-state index is 13.3. The average molecular weight is 951 g/mol. The number of esters is 1. The normalized spacial score (nSPS) is 13.7. The van der Waals surface area contributed by atoms with Crippen molar-refractivity contribution in [1.29, 1.82) is 0 Å². The monoisotopic (exact) mass is 950 g/mol. The lowest BCUT2D eigenvalue weighted by Gasteiger charge is -2.24. The molecular weight excluding hydrogens is 839 g/mol. The first-order valence-electron chi connectivity index (χ1n) is 29.2. The fourth-order valence-electron chi connectivity index (χ4n) is 8.69. The second-order valence-electron chi connectivity index (χ2n) is 19.8. The number of hydrogen-bond donors (Lipinski definition) is 3. The number of nitrogens with one attached hydrogen (secondary N) is 1. The fourth-order valence-corrected chi connectivity index (χ4v) is 8.69. The van der Waals surface area contributed by atoms with Crippen LogP contribution in [0.25, 0.3) is 0 Å². The summed E-state index contributed by atoms with van der Waals surface area (Å²) in [5.41, 5.74) is 0. The molecule has 0 fully saturated rings. The zero-order valence-corrected chi connectivity index (χ0v) is 45.0. The van der Waals surface area contributed by atoms with Crippen molar-refractivity contribution in [3.63, 3.8) is 0 Å². The highest BCUT2D eigenvalue weighted by Crippen LogP contribution is 2.18. The molecule has 0 aliphatic carbocycles. The van der Waals surface area contributed by atoms with Crippen LogP contribution in [-0.4, -0.2) is 46.9 Å². The van der Waals surface area contributed by atoms with E-state index >= 15 is 0 Å². The molecule has 0 aromatic heterocycles. The third kappa shape index (κ3) is 49.7. The molecule has 68 heavy (non-hydrogen) atoms. The Bertz CT molecular complexity index is 1250. The second-order valence-corrected chi connectivity index (χ2v) is 19.8. The smallest absolute Gasteiger partial charge is 0.306 e. The van der Waals surface area contributed by atoms with Crippen LogP contribution in [0.2, 0.25) is 0 Å². The predicted molar refractivity (Wildman–Crippen MR) is 296 cm³/mol. The van der Waals surface area contributed by atoms with Crippen LogP contribution in [0, 0.1) is 0 Å². The summed E-state index contributed by atoms with van der Waals surface area (Å²) in [6.07, 6.45) is 71.0. The van der Waals surface area contributed by atoms with Crippen LogP contribution in [0.3, 0.4) is 0 Å². The number of amides is 1. The van der Waals surface area contributed by atoms with Gasteiger partial charge in [0.05, 0.1) is 25.2 Å². The van der Waals surface area contributed by atoms with Gasteiger partial charge in [0.25, 0.3) is 0 Å². The summed E-state index contributed by atoms with van der Waals surface area (Å²) in [5, 5.41) is 23.9. The molecule has 0 aliphatic rings. The topological polar surface area (TPSA) is 95.9 Å². The Balaban J connectivity index is 4.59. The van der Waals surface area contributed by atoms with Gasteiger partial charge in [0, 0.05) is 6.42 Å². The number of hydrogen-bond acceptors (Lipinski definition) is 5. The van der Waals surface area contributed by atoms with Gasteiger partial charge in [-0.25, -0.2) is 0 Å². The number of carbonyl (C=O) groups is 2. The molecule has 0 spiro atoms. The SMILES string of the molecule is CCC/C=C/C=C/C=C/C=C/C=C/CCCCCCCC(=O)OC(CCCCC/C=C/CCCCCCCCC)CC(=O)NC(CO)C(O)CCCCCCCCCCCCCCCCCCC. The van der Waals surface area contributed by atoms with Crippen LogP contribution >= 0.6 is 0 Å². The van der Waals surface area contributed by atoms with Crippen LogP contribution in [0.15, 0.2) is 72.9 Å². The third-order valence-corrected chi connectivity index (χ3v) is 13.1. The van der Waals surface area contributed by atoms with Crippen LogP contribution in [0.1, 0.15) is 284 Å². The summed E-state index contributed by atoms with van der Waals surface area (Å²) in [4.78, 5) is 26.3. The highest BCUT2D eigenvalue weighted by atomic mass is 16.5. The van der Waals surface area contributed by atoms with Crippen molar-refractivity contribution < 1.29 is 24.5 Å². The van der Waals surface area contributed by atoms with Crippen LogP contribution in [-0.2, 0) is 14.3 Å². The Morgan fingerprint density at radius 2 is 0.794 bits per heavy atom. The molecule has 0 aliphatic heterocycles. The van der Waals surface area contributed by atoms with Crippen LogP contribution < -0.4 is 5.32 Å². The first kappa shape index (κ1) is 65.3. The lowest BCUT2D eigenvalue weighted by atomic mass is 10.0. The van der Waals surface area contributed by atoms with E-state index in [1.807, 2.05) is 24.3 Å². The Hall–Kier alpha value is -2.70. The first-order chi connectivity index (χ1) is 33.5. The maximum absolute atomic E-state index is 13.3. The molecule has 0 heterocycles. The molecule has 6 heteroatoms. The molecule has 0 saturated heterocycles. The standard InChI is InChI=1S/C62H111NO5/c1-4-7-10-13-16-19-22-25-28-30-32-34-37-40-43-46-49-52-55-62(67)68-58(53-50-47-44-41-38-35-27-24-21-18-15-12-9-6-3)56-61(66)63-59(57-64)60(65)54-51-48-45-42-39-36-33-31-29-26-23-20-17-14-11-8-5-2/h10,13,16,19,22,25,28,30,32,34-35,38,58-60,64-65H,4-9,11-12,14-15,17-18,20-21,23-24,26-27,29,31,33,36-37,39-57H2,1-3H3,(H,63,66)/b13-10+,19-16+,25-22+,30-28+,34-32+,38-35+. The van der Waals surface area contributed by atoms with E-state index in [4.69, 9.17) is 4.74 Å². The van der Waals surface area contributed by atoms with E-state index in [0.29, 0.717) is 19.3 Å². The molecule has 0 aromatic rings. The van der Waals surface area contributed by atoms with Gasteiger partial charge in [-0.15, -0.1) is 0 Å². The largest absolute Gasteiger partial charge is 0.462 e. The van der Waals surface area contributed by atoms with E-state index in [0.717, 1.165) is 96.3 Å². The Labute approximate surface area is 421 Å². The zero-order chi connectivity index (χ0) is 49.5. The Morgan fingerprint density at radius 3 is 1.25 bits per heavy atom. The van der Waals surface area contributed by atoms with Crippen LogP contribution in [0.4, 0.5) is 0 Å². The second kappa shape index (κ2) is 55.2. The van der Waals surface area contributed by atoms with Crippen molar-refractivity contribution in [3.05, 3.63) is 72.9 Å². The summed E-state index contributed by atoms with van der Waals surface area (Å²) in [7, 11) is 0. The first-order valence-corrected chi connectivity index (χ1v) is 29.2. The number of carbonyl (C=O) groups excluding carboxylic acids is 2. The number of allylic oxidation sites excluding steroid dienone is 12. The molecular formula is C62H111NO5. The summed E-state index contributed by atoms with van der Waals surface area (Å²) in [6, 6.07) is -0.715. The van der Waals surface area contributed by atoms with Crippen molar-refractivity contribution in [3.8, 4) is 0 Å². The van der Waals surface area contributed by atoms with E-state index in [1.54, 1.807) is 0 Å². The van der Waals surface area contributed by atoms with Crippen molar-refractivity contribution in [2.75, 3.05) is 6.61 Å². The van der Waals surface area contributed by atoms with Gasteiger partial charge in [-0.3, -0.25) is 9.59 Å². The lowest BCUT2D eigenvalue weighted by Crippen LogP contribution is -2.46. The van der Waals surface area contributed by atoms with E-state index in [9.17, 15) is 19.8 Å². The zero-order valence-electron chi connectivity index (χ0n) is 45.0. The Morgan fingerprint density at radius 1 is 0.426 bits per heavy atom. The molecule has 3 unspecified atom stereocenters. The van der Waals surface area contributed by atoms with Gasteiger partial charge < -0.3 is 20.3 Å². The highest BCUT2D eigenvalue weighted by molar-refractivity contribution is 5.77. The van der Waals surface area contributed by atoms with Gasteiger partial charge in [0.15, 0.2) is 0 Å². The van der Waals surface area contributed by atoms with Gasteiger partial charge in [-0.2, -0.15) is 0 Å². The van der Waals surface area contributed by atoms with Crippen molar-refractivity contribution in [2.24, 2.45) is 0 Å². The molecule has 3 N–H and O–H groups in total. The average Bonchev–Trinajstić information content (AvgIpc) is 3.33. The molecule has 394 valence electrons. The molecule has 0 radical (unpaired) electrons. The minimum Gasteiger partial charge on any atom is -0.462 e. The van der Waals surface area contributed by atoms with Crippen molar-refractivity contribution >= 4 is 11.9 Å². The number of unbranched alkanes of at least 4 members (excludes halogenated alkanes) is 32. The quantitative estimate of drug-likeness (QED) is 0.0244. The van der Waals surface area contributed by atoms with Gasteiger partial charge >= 0.3 is 5.97 Å². The third-order valence-electron chi connectivity index (χ3n) is 13.1. The minimum absolute atomic E-state index is 0.0548. The Kier molecular flexibility index (Phi) is 53.0. The summed E-state index contributed by atoms with van der Waals surface area (Å²) in [5.74, 6) is -0.513. The van der Waals surface area contributed by atoms with Crippen molar-refractivity contribution in [1.82, 2.24) is 5.32 Å². The van der Waals surface area contributed by atoms with E-state index in [1.165, 1.54) is 141 Å². The molecule has 1 amide bonds. The van der Waals surface area contributed by atoms with Crippen LogP contribution in [0.5, 0.6) is 0 Å². The molecule has 0 aromatic carbocycles. The van der Waals surface area contributed by atoms with E-state index in [2.05, 4.69) is 74.7 Å². The number of aliphatic hydroxyl groups is 2. The molecule has 6 nitrogen and oxygen atoms in total. The number of aliphatic hydroxyl groups excluding tert-OH is 2. The summed E-state index contributed by atoms with van der Waals surface area (Å²) >= 11 is 0.